The Morgan fingerprint density at radius 3 is 2.27 bits per heavy atom. The topological polar surface area (TPSA) is 58.6 Å². The highest BCUT2D eigenvalue weighted by atomic mass is 16.5. The van der Waals surface area contributed by atoms with E-state index in [-0.39, 0.29) is 17.9 Å². The minimum absolute atomic E-state index is 0.00290. The second kappa shape index (κ2) is 9.79. The lowest BCUT2D eigenvalue weighted by atomic mass is 10.0. The van der Waals surface area contributed by atoms with Gasteiger partial charge in [-0.1, -0.05) is 49.7 Å². The Labute approximate surface area is 179 Å². The van der Waals surface area contributed by atoms with E-state index in [1.165, 1.54) is 0 Å². The molecule has 1 heterocycles. The molecule has 1 N–H and O–H groups in total. The van der Waals surface area contributed by atoms with Gasteiger partial charge in [-0.2, -0.15) is 0 Å². The number of nitrogens with one attached hydrogen (secondary N) is 1. The van der Waals surface area contributed by atoms with Crippen LogP contribution < -0.4 is 10.1 Å². The third kappa shape index (κ3) is 5.41. The maximum absolute atomic E-state index is 12.9. The molecule has 0 bridgehead atoms. The Morgan fingerprint density at radius 1 is 1.00 bits per heavy atom. The predicted molar refractivity (Wildman–Crippen MR) is 119 cm³/mol. The Morgan fingerprint density at radius 2 is 1.63 bits per heavy atom. The van der Waals surface area contributed by atoms with Crippen molar-refractivity contribution in [3.8, 4) is 5.75 Å². The molecule has 160 valence electrons. The number of amides is 2. The van der Waals surface area contributed by atoms with Crippen LogP contribution in [0.1, 0.15) is 61.0 Å². The normalized spacial score (nSPS) is 15.7. The van der Waals surface area contributed by atoms with E-state index in [9.17, 15) is 9.59 Å². The number of carbonyl (C=O) groups excluding carboxylic acids is 2. The van der Waals surface area contributed by atoms with Crippen LogP contribution in [0.15, 0.2) is 48.5 Å². The first kappa shape index (κ1) is 21.9. The van der Waals surface area contributed by atoms with E-state index in [4.69, 9.17) is 4.74 Å². The van der Waals surface area contributed by atoms with Crippen LogP contribution in [0.25, 0.3) is 0 Å². The zero-order valence-corrected chi connectivity index (χ0v) is 18.4. The largest absolute Gasteiger partial charge is 0.481 e. The van der Waals surface area contributed by atoms with E-state index in [0.717, 1.165) is 29.7 Å². The van der Waals surface area contributed by atoms with Crippen LogP contribution in [0.4, 0.5) is 0 Å². The number of hydrogen-bond acceptors (Lipinski definition) is 3. The lowest BCUT2D eigenvalue weighted by Crippen LogP contribution is -2.49. The molecular formula is C25H32N2O3. The molecule has 1 aliphatic rings. The summed E-state index contributed by atoms with van der Waals surface area (Å²) in [4.78, 5) is 27.2. The lowest BCUT2D eigenvalue weighted by Gasteiger charge is -2.34. The summed E-state index contributed by atoms with van der Waals surface area (Å²) in [5.41, 5.74) is 2.91. The Hall–Kier alpha value is -2.82. The fourth-order valence-electron chi connectivity index (χ4n) is 3.78. The molecule has 2 aromatic carbocycles. The van der Waals surface area contributed by atoms with Crippen molar-refractivity contribution in [2.75, 3.05) is 13.1 Å². The van der Waals surface area contributed by atoms with Crippen molar-refractivity contribution in [1.82, 2.24) is 10.2 Å². The first-order valence-electron chi connectivity index (χ1n) is 10.8. The van der Waals surface area contributed by atoms with Crippen LogP contribution in [-0.4, -0.2) is 41.9 Å². The number of aryl methyl sites for hydroxylation is 1. The molecule has 3 rings (SSSR count). The third-order valence-electron chi connectivity index (χ3n) is 5.65. The summed E-state index contributed by atoms with van der Waals surface area (Å²) in [6, 6.07) is 15.5. The number of carbonyl (C=O) groups is 2. The van der Waals surface area contributed by atoms with E-state index in [0.29, 0.717) is 24.6 Å². The minimum atomic E-state index is -0.538. The molecule has 1 unspecified atom stereocenters. The number of nitrogens with zero attached hydrogens (tertiary/aromatic N) is 1. The van der Waals surface area contributed by atoms with Crippen LogP contribution >= 0.6 is 0 Å². The van der Waals surface area contributed by atoms with Gasteiger partial charge in [-0.3, -0.25) is 9.59 Å². The number of ether oxygens (including phenoxy) is 1. The summed E-state index contributed by atoms with van der Waals surface area (Å²) in [5.74, 6) is 1.05. The standard InChI is InChI=1S/C25H32N2O3/c1-17(2)22-7-5-6-8-23(22)30-19(4)25(29)27-15-13-21(14-16-27)26-24(28)20-11-9-18(3)10-12-20/h5-12,17,19,21H,13-16H2,1-4H3,(H,26,28). The zero-order chi connectivity index (χ0) is 21.7. The van der Waals surface area contributed by atoms with Crippen molar-refractivity contribution in [3.63, 3.8) is 0 Å². The Balaban J connectivity index is 1.51. The van der Waals surface area contributed by atoms with E-state index in [2.05, 4.69) is 19.2 Å². The van der Waals surface area contributed by atoms with Gasteiger partial charge in [0.2, 0.25) is 0 Å². The first-order chi connectivity index (χ1) is 14.3. The molecule has 0 radical (unpaired) electrons. The summed E-state index contributed by atoms with van der Waals surface area (Å²) in [6.45, 7) is 9.29. The van der Waals surface area contributed by atoms with Gasteiger partial charge < -0.3 is 15.0 Å². The minimum Gasteiger partial charge on any atom is -0.481 e. The van der Waals surface area contributed by atoms with Crippen molar-refractivity contribution in [2.24, 2.45) is 0 Å². The third-order valence-corrected chi connectivity index (χ3v) is 5.65. The fourth-order valence-corrected chi connectivity index (χ4v) is 3.78. The molecule has 0 aliphatic carbocycles. The summed E-state index contributed by atoms with van der Waals surface area (Å²) in [5, 5.41) is 3.09. The lowest BCUT2D eigenvalue weighted by molar-refractivity contribution is -0.139. The predicted octanol–water partition coefficient (Wildman–Crippen LogP) is 4.31. The van der Waals surface area contributed by atoms with Gasteiger partial charge in [0.1, 0.15) is 5.75 Å². The molecule has 0 aromatic heterocycles. The number of likely N-dealkylation sites (tertiary alicyclic amines) is 1. The summed E-state index contributed by atoms with van der Waals surface area (Å²) in [7, 11) is 0. The van der Waals surface area contributed by atoms with Crippen molar-refractivity contribution in [2.45, 2.75) is 58.6 Å². The molecule has 2 amide bonds. The first-order valence-corrected chi connectivity index (χ1v) is 10.8. The number of hydrogen-bond donors (Lipinski definition) is 1. The second-order valence-corrected chi connectivity index (χ2v) is 8.39. The average Bonchev–Trinajstić information content (AvgIpc) is 2.74. The summed E-state index contributed by atoms with van der Waals surface area (Å²) >= 11 is 0. The number of rotatable bonds is 6. The van der Waals surface area contributed by atoms with E-state index < -0.39 is 6.10 Å². The Bertz CT molecular complexity index is 868. The highest BCUT2D eigenvalue weighted by Gasteiger charge is 2.28. The van der Waals surface area contributed by atoms with Crippen LogP contribution in [-0.2, 0) is 4.79 Å². The number of para-hydroxylation sites is 1. The van der Waals surface area contributed by atoms with Gasteiger partial charge in [-0.15, -0.1) is 0 Å². The van der Waals surface area contributed by atoms with Crippen LogP contribution in [0.3, 0.4) is 0 Å². The molecule has 1 fully saturated rings. The smallest absolute Gasteiger partial charge is 0.263 e. The SMILES string of the molecule is Cc1ccc(C(=O)NC2CCN(C(=O)C(C)Oc3ccccc3C(C)C)CC2)cc1. The maximum Gasteiger partial charge on any atom is 0.263 e. The van der Waals surface area contributed by atoms with Gasteiger partial charge in [0, 0.05) is 24.7 Å². The van der Waals surface area contributed by atoms with Crippen molar-refractivity contribution < 1.29 is 14.3 Å². The summed E-state index contributed by atoms with van der Waals surface area (Å²) < 4.78 is 6.02. The van der Waals surface area contributed by atoms with Gasteiger partial charge in [-0.25, -0.2) is 0 Å². The molecule has 2 aromatic rings. The van der Waals surface area contributed by atoms with Gasteiger partial charge in [-0.05, 0) is 56.4 Å². The quantitative estimate of drug-likeness (QED) is 0.775. The monoisotopic (exact) mass is 408 g/mol. The average molecular weight is 409 g/mol. The van der Waals surface area contributed by atoms with Crippen molar-refractivity contribution >= 4 is 11.8 Å². The molecular weight excluding hydrogens is 376 g/mol. The Kier molecular flexibility index (Phi) is 7.14. The highest BCUT2D eigenvalue weighted by Crippen LogP contribution is 2.27. The molecule has 1 saturated heterocycles. The van der Waals surface area contributed by atoms with Gasteiger partial charge in [0.05, 0.1) is 0 Å². The molecule has 0 spiro atoms. The highest BCUT2D eigenvalue weighted by molar-refractivity contribution is 5.94. The fraction of sp³-hybridized carbons (Fsp3) is 0.440. The van der Waals surface area contributed by atoms with Gasteiger partial charge in [0.15, 0.2) is 6.10 Å². The molecule has 30 heavy (non-hydrogen) atoms. The number of piperidine rings is 1. The molecule has 5 heteroatoms. The molecule has 1 aliphatic heterocycles. The maximum atomic E-state index is 12.9. The van der Waals surface area contributed by atoms with Gasteiger partial charge >= 0.3 is 0 Å². The van der Waals surface area contributed by atoms with Crippen LogP contribution in [0.2, 0.25) is 0 Å². The molecule has 5 nitrogen and oxygen atoms in total. The van der Waals surface area contributed by atoms with Gasteiger partial charge in [0.25, 0.3) is 11.8 Å². The molecule has 1 atom stereocenters. The van der Waals surface area contributed by atoms with E-state index in [1.54, 1.807) is 0 Å². The summed E-state index contributed by atoms with van der Waals surface area (Å²) in [6.07, 6.45) is 0.959. The van der Waals surface area contributed by atoms with Crippen molar-refractivity contribution in [1.29, 1.82) is 0 Å². The zero-order valence-electron chi connectivity index (χ0n) is 18.4. The second-order valence-electron chi connectivity index (χ2n) is 8.39. The van der Waals surface area contributed by atoms with Crippen LogP contribution in [0.5, 0.6) is 5.75 Å². The van der Waals surface area contributed by atoms with E-state index >= 15 is 0 Å². The van der Waals surface area contributed by atoms with E-state index in [1.807, 2.05) is 67.3 Å². The number of benzene rings is 2. The molecule has 0 saturated carbocycles. The van der Waals surface area contributed by atoms with Crippen LogP contribution in [0, 0.1) is 6.92 Å². The van der Waals surface area contributed by atoms with Crippen molar-refractivity contribution in [3.05, 3.63) is 65.2 Å².